The second-order valence-corrected chi connectivity index (χ2v) is 4.77. The zero-order valence-electron chi connectivity index (χ0n) is 11.2. The minimum atomic E-state index is 0.614. The van der Waals surface area contributed by atoms with Crippen LogP contribution in [0, 0.1) is 11.8 Å². The van der Waals surface area contributed by atoms with Crippen LogP contribution in [0.4, 0.5) is 0 Å². The second-order valence-electron chi connectivity index (χ2n) is 4.77. The lowest BCUT2D eigenvalue weighted by molar-refractivity contribution is 0.0932. The Morgan fingerprint density at radius 3 is 2.27 bits per heavy atom. The summed E-state index contributed by atoms with van der Waals surface area (Å²) in [7, 11) is 0. The second kappa shape index (κ2) is 9.17. The van der Waals surface area contributed by atoms with Crippen LogP contribution in [0.3, 0.4) is 0 Å². The van der Waals surface area contributed by atoms with Gasteiger partial charge in [0.2, 0.25) is 0 Å². The number of hydrogen-bond donors (Lipinski definition) is 1. The molecule has 0 saturated carbocycles. The van der Waals surface area contributed by atoms with Crippen molar-refractivity contribution >= 4 is 0 Å². The minimum absolute atomic E-state index is 0.614. The molecule has 1 N–H and O–H groups in total. The molecule has 2 nitrogen and oxygen atoms in total. The van der Waals surface area contributed by atoms with Crippen LogP contribution < -0.4 is 5.32 Å². The maximum Gasteiger partial charge on any atom is 0.0488 e. The van der Waals surface area contributed by atoms with E-state index < -0.39 is 0 Å². The zero-order valence-corrected chi connectivity index (χ0v) is 11.2. The Morgan fingerprint density at radius 2 is 1.80 bits per heavy atom. The van der Waals surface area contributed by atoms with Gasteiger partial charge >= 0.3 is 0 Å². The van der Waals surface area contributed by atoms with Crippen molar-refractivity contribution in [3.05, 3.63) is 0 Å². The van der Waals surface area contributed by atoms with Crippen molar-refractivity contribution in [1.29, 1.82) is 0 Å². The van der Waals surface area contributed by atoms with Crippen LogP contribution in [0.15, 0.2) is 0 Å². The quantitative estimate of drug-likeness (QED) is 0.597. The third-order valence-electron chi connectivity index (χ3n) is 2.84. The first-order valence-corrected chi connectivity index (χ1v) is 6.42. The summed E-state index contributed by atoms with van der Waals surface area (Å²) >= 11 is 0. The van der Waals surface area contributed by atoms with E-state index in [-0.39, 0.29) is 0 Å². The highest BCUT2D eigenvalue weighted by molar-refractivity contribution is 4.70. The third kappa shape index (κ3) is 7.80. The molecule has 0 radical (unpaired) electrons. The molecule has 15 heavy (non-hydrogen) atoms. The highest BCUT2D eigenvalue weighted by Crippen LogP contribution is 2.13. The van der Waals surface area contributed by atoms with Crippen LogP contribution >= 0.6 is 0 Å². The van der Waals surface area contributed by atoms with Gasteiger partial charge in [-0.05, 0) is 31.7 Å². The molecule has 2 heteroatoms. The van der Waals surface area contributed by atoms with E-state index in [4.69, 9.17) is 4.74 Å². The molecule has 0 bridgehead atoms. The maximum absolute atomic E-state index is 5.63. The molecule has 0 aromatic carbocycles. The van der Waals surface area contributed by atoms with Gasteiger partial charge in [0.1, 0.15) is 0 Å². The van der Waals surface area contributed by atoms with Gasteiger partial charge < -0.3 is 10.1 Å². The fourth-order valence-corrected chi connectivity index (χ4v) is 1.85. The van der Waals surface area contributed by atoms with E-state index in [1.165, 1.54) is 12.8 Å². The van der Waals surface area contributed by atoms with Crippen molar-refractivity contribution in [2.45, 2.75) is 53.5 Å². The fourth-order valence-electron chi connectivity index (χ4n) is 1.85. The zero-order chi connectivity index (χ0) is 11.7. The normalized spacial score (nSPS) is 15.6. The van der Waals surface area contributed by atoms with Crippen LogP contribution in [-0.4, -0.2) is 25.8 Å². The standard InChI is InChI=1S/C13H29NO/c1-6-13(12(5)14-7-2)8-9-15-10-11(3)4/h11-14H,6-10H2,1-5H3. The van der Waals surface area contributed by atoms with E-state index in [9.17, 15) is 0 Å². The van der Waals surface area contributed by atoms with Crippen molar-refractivity contribution in [2.24, 2.45) is 11.8 Å². The smallest absolute Gasteiger partial charge is 0.0488 e. The van der Waals surface area contributed by atoms with Crippen molar-refractivity contribution in [2.75, 3.05) is 19.8 Å². The Kier molecular flexibility index (Phi) is 9.12. The number of rotatable bonds is 9. The molecule has 0 heterocycles. The maximum atomic E-state index is 5.63. The van der Waals surface area contributed by atoms with Gasteiger partial charge in [0, 0.05) is 19.3 Å². The molecule has 92 valence electrons. The van der Waals surface area contributed by atoms with Gasteiger partial charge in [0.25, 0.3) is 0 Å². The molecule has 0 spiro atoms. The van der Waals surface area contributed by atoms with Crippen molar-refractivity contribution in [3.63, 3.8) is 0 Å². The largest absolute Gasteiger partial charge is 0.381 e. The van der Waals surface area contributed by atoms with E-state index in [0.717, 1.165) is 25.7 Å². The van der Waals surface area contributed by atoms with Crippen molar-refractivity contribution in [1.82, 2.24) is 5.32 Å². The molecule has 0 amide bonds. The number of hydrogen-bond acceptors (Lipinski definition) is 2. The first kappa shape index (κ1) is 14.9. The van der Waals surface area contributed by atoms with Gasteiger partial charge in [-0.3, -0.25) is 0 Å². The average Bonchev–Trinajstić information content (AvgIpc) is 2.17. The molecular weight excluding hydrogens is 186 g/mol. The Labute approximate surface area is 95.8 Å². The van der Waals surface area contributed by atoms with E-state index in [1.807, 2.05) is 0 Å². The predicted molar refractivity (Wildman–Crippen MR) is 67.2 cm³/mol. The summed E-state index contributed by atoms with van der Waals surface area (Å²) in [6, 6.07) is 0.614. The lowest BCUT2D eigenvalue weighted by atomic mass is 9.95. The first-order chi connectivity index (χ1) is 7.11. The Bertz CT molecular complexity index is 136. The molecule has 2 unspecified atom stereocenters. The van der Waals surface area contributed by atoms with E-state index in [2.05, 4.69) is 39.9 Å². The summed E-state index contributed by atoms with van der Waals surface area (Å²) in [6.45, 7) is 14.0. The van der Waals surface area contributed by atoms with Crippen LogP contribution in [-0.2, 0) is 4.74 Å². The lowest BCUT2D eigenvalue weighted by Gasteiger charge is -2.23. The summed E-state index contributed by atoms with van der Waals surface area (Å²) < 4.78 is 5.63. The summed E-state index contributed by atoms with van der Waals surface area (Å²) in [6.07, 6.45) is 2.41. The monoisotopic (exact) mass is 215 g/mol. The number of nitrogens with one attached hydrogen (secondary N) is 1. The van der Waals surface area contributed by atoms with E-state index >= 15 is 0 Å². The fraction of sp³-hybridized carbons (Fsp3) is 1.00. The SMILES string of the molecule is CCNC(C)C(CC)CCOCC(C)C. The topological polar surface area (TPSA) is 21.3 Å². The summed E-state index contributed by atoms with van der Waals surface area (Å²) in [5.41, 5.74) is 0. The molecule has 0 fully saturated rings. The average molecular weight is 215 g/mol. The highest BCUT2D eigenvalue weighted by Gasteiger charge is 2.13. The van der Waals surface area contributed by atoms with E-state index in [1.54, 1.807) is 0 Å². The molecule has 0 aliphatic carbocycles. The molecular formula is C13H29NO. The summed E-state index contributed by atoms with van der Waals surface area (Å²) in [5, 5.41) is 3.49. The molecule has 2 atom stereocenters. The number of ether oxygens (including phenoxy) is 1. The van der Waals surface area contributed by atoms with Gasteiger partial charge in [-0.2, -0.15) is 0 Å². The first-order valence-electron chi connectivity index (χ1n) is 6.42. The third-order valence-corrected chi connectivity index (χ3v) is 2.84. The molecule has 0 saturated heterocycles. The van der Waals surface area contributed by atoms with Crippen LogP contribution in [0.5, 0.6) is 0 Å². The summed E-state index contributed by atoms with van der Waals surface area (Å²) in [5.74, 6) is 1.40. The van der Waals surface area contributed by atoms with Gasteiger partial charge in [0.05, 0.1) is 0 Å². The van der Waals surface area contributed by atoms with Gasteiger partial charge in [0.15, 0.2) is 0 Å². The molecule has 0 aromatic rings. The van der Waals surface area contributed by atoms with Gasteiger partial charge in [-0.1, -0.05) is 34.1 Å². The predicted octanol–water partition coefficient (Wildman–Crippen LogP) is 3.07. The highest BCUT2D eigenvalue weighted by atomic mass is 16.5. The van der Waals surface area contributed by atoms with Gasteiger partial charge in [-0.15, -0.1) is 0 Å². The summed E-state index contributed by atoms with van der Waals surface area (Å²) in [4.78, 5) is 0. The van der Waals surface area contributed by atoms with Crippen LogP contribution in [0.1, 0.15) is 47.5 Å². The van der Waals surface area contributed by atoms with Crippen molar-refractivity contribution < 1.29 is 4.74 Å². The Balaban J connectivity index is 3.60. The molecule has 0 aliphatic heterocycles. The van der Waals surface area contributed by atoms with E-state index in [0.29, 0.717) is 12.0 Å². The lowest BCUT2D eigenvalue weighted by Crippen LogP contribution is -2.33. The molecule has 0 aliphatic rings. The van der Waals surface area contributed by atoms with Crippen LogP contribution in [0.2, 0.25) is 0 Å². The van der Waals surface area contributed by atoms with Crippen LogP contribution in [0.25, 0.3) is 0 Å². The van der Waals surface area contributed by atoms with Crippen molar-refractivity contribution in [3.8, 4) is 0 Å². The molecule has 0 aromatic heterocycles. The minimum Gasteiger partial charge on any atom is -0.381 e. The van der Waals surface area contributed by atoms with Gasteiger partial charge in [-0.25, -0.2) is 0 Å². The Hall–Kier alpha value is -0.0800. The molecule has 0 rings (SSSR count). The Morgan fingerprint density at radius 1 is 1.13 bits per heavy atom.